The first-order chi connectivity index (χ1) is 12.6. The van der Waals surface area contributed by atoms with Crippen molar-refractivity contribution in [1.29, 1.82) is 0 Å². The minimum atomic E-state index is -0.319. The Morgan fingerprint density at radius 1 is 1.19 bits per heavy atom. The van der Waals surface area contributed by atoms with Crippen molar-refractivity contribution in [3.8, 4) is 0 Å². The van der Waals surface area contributed by atoms with Gasteiger partial charge in [-0.05, 0) is 56.2 Å². The maximum absolute atomic E-state index is 13.0. The van der Waals surface area contributed by atoms with Crippen LogP contribution in [0.4, 0.5) is 16.0 Å². The average Bonchev–Trinajstić information content (AvgIpc) is 3.09. The van der Waals surface area contributed by atoms with Crippen molar-refractivity contribution in [2.45, 2.75) is 19.8 Å². The molecule has 0 spiro atoms. The average molecular weight is 353 g/mol. The highest BCUT2D eigenvalue weighted by atomic mass is 19.1. The second kappa shape index (κ2) is 6.74. The van der Waals surface area contributed by atoms with E-state index in [1.807, 2.05) is 29.5 Å². The first kappa shape index (κ1) is 16.5. The number of carbonyl (C=O) groups excluding carboxylic acids is 1. The van der Waals surface area contributed by atoms with Gasteiger partial charge in [0.2, 0.25) is 11.9 Å². The largest absolute Gasteiger partial charge is 0.340 e. The summed E-state index contributed by atoms with van der Waals surface area (Å²) in [6.07, 6.45) is 1.72. The van der Waals surface area contributed by atoms with Gasteiger partial charge in [0.1, 0.15) is 5.82 Å². The van der Waals surface area contributed by atoms with E-state index in [2.05, 4.69) is 20.4 Å². The van der Waals surface area contributed by atoms with Crippen LogP contribution >= 0.6 is 0 Å². The molecule has 1 aromatic carbocycles. The normalized spacial score (nSPS) is 17.5. The fourth-order valence-corrected chi connectivity index (χ4v) is 3.44. The van der Waals surface area contributed by atoms with Crippen LogP contribution < -0.4 is 10.2 Å². The van der Waals surface area contributed by atoms with Gasteiger partial charge in [0.15, 0.2) is 5.65 Å². The number of fused-ring (bicyclic) bond motifs is 1. The van der Waals surface area contributed by atoms with Gasteiger partial charge in [0.25, 0.3) is 0 Å². The number of nitrogens with one attached hydrogen (secondary N) is 1. The summed E-state index contributed by atoms with van der Waals surface area (Å²) in [5, 5.41) is 11.4. The third kappa shape index (κ3) is 3.12. The molecule has 7 heteroatoms. The predicted molar refractivity (Wildman–Crippen MR) is 97.7 cm³/mol. The van der Waals surface area contributed by atoms with Crippen LogP contribution in [0.1, 0.15) is 18.5 Å². The lowest BCUT2D eigenvalue weighted by atomic mass is 9.97. The summed E-state index contributed by atoms with van der Waals surface area (Å²) >= 11 is 0. The predicted octanol–water partition coefficient (Wildman–Crippen LogP) is 3.03. The Hall–Kier alpha value is -2.96. The zero-order valence-electron chi connectivity index (χ0n) is 14.5. The summed E-state index contributed by atoms with van der Waals surface area (Å²) in [6.45, 7) is 3.44. The van der Waals surface area contributed by atoms with E-state index in [0.717, 1.165) is 36.7 Å². The quantitative estimate of drug-likeness (QED) is 0.786. The molecule has 0 bridgehead atoms. The zero-order valence-corrected chi connectivity index (χ0v) is 14.5. The van der Waals surface area contributed by atoms with Crippen LogP contribution in [0.2, 0.25) is 0 Å². The van der Waals surface area contributed by atoms with E-state index in [0.29, 0.717) is 12.2 Å². The number of benzene rings is 1. The Labute approximate surface area is 150 Å². The molecule has 1 atom stereocenters. The van der Waals surface area contributed by atoms with E-state index in [-0.39, 0.29) is 17.6 Å². The summed E-state index contributed by atoms with van der Waals surface area (Å²) in [5.74, 6) is 0.260. The van der Waals surface area contributed by atoms with Gasteiger partial charge in [-0.1, -0.05) is 6.07 Å². The minimum Gasteiger partial charge on any atom is -0.340 e. The van der Waals surface area contributed by atoms with Crippen LogP contribution in [0.3, 0.4) is 0 Å². The molecule has 6 nitrogen and oxygen atoms in total. The van der Waals surface area contributed by atoms with Crippen molar-refractivity contribution in [3.63, 3.8) is 0 Å². The van der Waals surface area contributed by atoms with Gasteiger partial charge >= 0.3 is 0 Å². The molecule has 0 radical (unpaired) electrons. The molecule has 3 aromatic rings. The van der Waals surface area contributed by atoms with E-state index in [4.69, 9.17) is 0 Å². The molecule has 1 N–H and O–H groups in total. The van der Waals surface area contributed by atoms with E-state index in [1.54, 1.807) is 12.1 Å². The number of piperidine rings is 1. The molecule has 1 fully saturated rings. The summed E-state index contributed by atoms with van der Waals surface area (Å²) in [4.78, 5) is 14.7. The van der Waals surface area contributed by atoms with E-state index in [9.17, 15) is 9.18 Å². The molecule has 26 heavy (non-hydrogen) atoms. The standard InChI is InChI=1S/C19H20FN5O/c1-13-4-2-6-17-22-23-19(25(13)17)24-11-3-5-14(12-24)18(26)21-16-9-7-15(20)8-10-16/h2,4,6-10,14H,3,5,11-12H2,1H3,(H,21,26). The second-order valence-electron chi connectivity index (χ2n) is 6.64. The number of hydrogen-bond donors (Lipinski definition) is 1. The number of aromatic nitrogens is 3. The summed E-state index contributed by atoms with van der Waals surface area (Å²) in [5.41, 5.74) is 2.47. The molecule has 1 unspecified atom stereocenters. The lowest BCUT2D eigenvalue weighted by molar-refractivity contribution is -0.120. The third-order valence-corrected chi connectivity index (χ3v) is 4.79. The fraction of sp³-hybridized carbons (Fsp3) is 0.316. The van der Waals surface area contributed by atoms with Crippen LogP contribution in [-0.2, 0) is 4.79 Å². The van der Waals surface area contributed by atoms with Gasteiger partial charge in [0, 0.05) is 24.5 Å². The summed E-state index contributed by atoms with van der Waals surface area (Å²) < 4.78 is 15.0. The Morgan fingerprint density at radius 2 is 2.00 bits per heavy atom. The van der Waals surface area contributed by atoms with Gasteiger partial charge in [0.05, 0.1) is 5.92 Å². The Bertz CT molecular complexity index is 937. The van der Waals surface area contributed by atoms with Gasteiger partial charge in [-0.3, -0.25) is 9.20 Å². The van der Waals surface area contributed by atoms with Gasteiger partial charge in [-0.15, -0.1) is 10.2 Å². The number of rotatable bonds is 3. The summed E-state index contributed by atoms with van der Waals surface area (Å²) in [7, 11) is 0. The van der Waals surface area contributed by atoms with Crippen LogP contribution in [0, 0.1) is 18.7 Å². The molecule has 4 rings (SSSR count). The van der Waals surface area contributed by atoms with Gasteiger partial charge in [-0.25, -0.2) is 4.39 Å². The third-order valence-electron chi connectivity index (χ3n) is 4.79. The maximum Gasteiger partial charge on any atom is 0.231 e. The van der Waals surface area contributed by atoms with Crippen LogP contribution in [0.5, 0.6) is 0 Å². The van der Waals surface area contributed by atoms with Crippen molar-refractivity contribution in [2.75, 3.05) is 23.3 Å². The fourth-order valence-electron chi connectivity index (χ4n) is 3.44. The monoisotopic (exact) mass is 353 g/mol. The molecule has 134 valence electrons. The molecule has 0 saturated carbocycles. The molecule has 0 aliphatic carbocycles. The molecular weight excluding hydrogens is 333 g/mol. The zero-order chi connectivity index (χ0) is 18.1. The molecule has 3 heterocycles. The van der Waals surface area contributed by atoms with Crippen LogP contribution in [-0.4, -0.2) is 33.6 Å². The Kier molecular flexibility index (Phi) is 4.28. The van der Waals surface area contributed by atoms with Crippen molar-refractivity contribution in [3.05, 3.63) is 54.0 Å². The lowest BCUT2D eigenvalue weighted by Gasteiger charge is -2.32. The number of nitrogens with zero attached hydrogens (tertiary/aromatic N) is 4. The van der Waals surface area contributed by atoms with Crippen LogP contribution in [0.15, 0.2) is 42.5 Å². The van der Waals surface area contributed by atoms with Crippen molar-refractivity contribution >= 4 is 23.2 Å². The second-order valence-corrected chi connectivity index (χ2v) is 6.64. The number of pyridine rings is 1. The summed E-state index contributed by atoms with van der Waals surface area (Å²) in [6, 6.07) is 11.7. The number of aryl methyl sites for hydroxylation is 1. The van der Waals surface area contributed by atoms with E-state index < -0.39 is 0 Å². The van der Waals surface area contributed by atoms with Crippen molar-refractivity contribution in [1.82, 2.24) is 14.6 Å². The minimum absolute atomic E-state index is 0.0492. The van der Waals surface area contributed by atoms with Gasteiger partial charge in [-0.2, -0.15) is 0 Å². The number of hydrogen-bond acceptors (Lipinski definition) is 4. The SMILES string of the molecule is Cc1cccc2nnc(N3CCCC(C(=O)Nc4ccc(F)cc4)C3)n12. The van der Waals surface area contributed by atoms with Crippen molar-refractivity contribution in [2.24, 2.45) is 5.92 Å². The molecule has 1 aliphatic rings. The first-order valence-corrected chi connectivity index (χ1v) is 8.74. The molecular formula is C19H20FN5O. The molecule has 1 amide bonds. The number of amides is 1. The maximum atomic E-state index is 13.0. The number of anilines is 2. The lowest BCUT2D eigenvalue weighted by Crippen LogP contribution is -2.41. The van der Waals surface area contributed by atoms with Gasteiger partial charge < -0.3 is 10.2 Å². The highest BCUT2D eigenvalue weighted by molar-refractivity contribution is 5.93. The molecule has 1 saturated heterocycles. The smallest absolute Gasteiger partial charge is 0.231 e. The van der Waals surface area contributed by atoms with E-state index in [1.165, 1.54) is 12.1 Å². The van der Waals surface area contributed by atoms with Crippen molar-refractivity contribution < 1.29 is 9.18 Å². The topological polar surface area (TPSA) is 62.5 Å². The van der Waals surface area contributed by atoms with Crippen LogP contribution in [0.25, 0.3) is 5.65 Å². The number of halogens is 1. The highest BCUT2D eigenvalue weighted by Crippen LogP contribution is 2.24. The highest BCUT2D eigenvalue weighted by Gasteiger charge is 2.28. The number of carbonyl (C=O) groups is 1. The Morgan fingerprint density at radius 3 is 2.81 bits per heavy atom. The molecule has 2 aromatic heterocycles. The first-order valence-electron chi connectivity index (χ1n) is 8.74. The molecule has 1 aliphatic heterocycles. The van der Waals surface area contributed by atoms with E-state index >= 15 is 0 Å². The Balaban J connectivity index is 1.51.